The number of hydrogen-bond donors (Lipinski definition) is 0. The molecule has 0 saturated carbocycles. The van der Waals surface area contributed by atoms with Gasteiger partial charge in [0.2, 0.25) is 0 Å². The minimum atomic E-state index is -1.65. The van der Waals surface area contributed by atoms with E-state index in [-0.39, 0.29) is 24.8 Å². The SMILES string of the molecule is Cl.Cl.[CH2]=[Zr]([C]1=CC(C)=CC1)[C]1=C(C)C=C(C)C1. The summed E-state index contributed by atoms with van der Waals surface area (Å²) in [6.45, 7) is 6.69. The van der Waals surface area contributed by atoms with Crippen LogP contribution in [0.2, 0.25) is 0 Å². The van der Waals surface area contributed by atoms with Crippen LogP contribution in [0.25, 0.3) is 0 Å². The van der Waals surface area contributed by atoms with Crippen LogP contribution in [0, 0.1) is 0 Å². The second kappa shape index (κ2) is 7.02. The van der Waals surface area contributed by atoms with Crippen LogP contribution in [0.1, 0.15) is 33.6 Å². The first-order valence-electron chi connectivity index (χ1n) is 5.52. The quantitative estimate of drug-likeness (QED) is 0.675. The normalized spacial score (nSPS) is 17.9. The van der Waals surface area contributed by atoms with Crippen LogP contribution in [-0.2, 0) is 21.3 Å². The Labute approximate surface area is 125 Å². The van der Waals surface area contributed by atoms with E-state index in [1.807, 2.05) is 0 Å². The third kappa shape index (κ3) is 3.88. The third-order valence-corrected chi connectivity index (χ3v) is 9.15. The van der Waals surface area contributed by atoms with E-state index < -0.39 is 21.3 Å². The zero-order valence-electron chi connectivity index (χ0n) is 10.7. The van der Waals surface area contributed by atoms with Crippen LogP contribution >= 0.6 is 24.8 Å². The molecule has 0 aromatic rings. The Bertz CT molecular complexity index is 451. The molecule has 0 fully saturated rings. The summed E-state index contributed by atoms with van der Waals surface area (Å²) >= 11 is -1.65. The summed E-state index contributed by atoms with van der Waals surface area (Å²) in [5, 5.41) is 0. The molecule has 2 aliphatic rings. The Morgan fingerprint density at radius 1 is 1.12 bits per heavy atom. The van der Waals surface area contributed by atoms with Crippen molar-refractivity contribution in [2.24, 2.45) is 0 Å². The molecular weight excluding hydrogens is 330 g/mol. The van der Waals surface area contributed by atoms with Gasteiger partial charge < -0.3 is 0 Å². The number of hydrogen-bond acceptors (Lipinski definition) is 0. The first-order valence-corrected chi connectivity index (χ1v) is 9.71. The predicted molar refractivity (Wildman–Crippen MR) is 79.1 cm³/mol. The summed E-state index contributed by atoms with van der Waals surface area (Å²) in [6.07, 6.45) is 9.46. The third-order valence-electron chi connectivity index (χ3n) is 3.19. The van der Waals surface area contributed by atoms with Crippen LogP contribution in [0.5, 0.6) is 0 Å². The van der Waals surface area contributed by atoms with Crippen molar-refractivity contribution in [3.63, 3.8) is 0 Å². The molecular formula is C14H20Cl2Zr. The Hall–Kier alpha value is 0.293. The van der Waals surface area contributed by atoms with Crippen LogP contribution in [0.3, 0.4) is 0 Å². The molecule has 0 aromatic heterocycles. The molecule has 3 heteroatoms. The van der Waals surface area contributed by atoms with Crippen molar-refractivity contribution in [3.05, 3.63) is 41.5 Å². The zero-order valence-corrected chi connectivity index (χ0v) is 14.8. The molecule has 0 bridgehead atoms. The molecule has 0 radical (unpaired) electrons. The Balaban J connectivity index is 0.00000128. The first-order chi connectivity index (χ1) is 7.08. The van der Waals surface area contributed by atoms with Gasteiger partial charge in [0.25, 0.3) is 0 Å². The maximum atomic E-state index is 4.53. The van der Waals surface area contributed by atoms with Crippen molar-refractivity contribution in [1.82, 2.24) is 0 Å². The molecule has 94 valence electrons. The second-order valence-electron chi connectivity index (χ2n) is 4.63. The fourth-order valence-electron chi connectivity index (χ4n) is 2.34. The van der Waals surface area contributed by atoms with Crippen LogP contribution in [-0.4, -0.2) is 4.21 Å². The summed E-state index contributed by atoms with van der Waals surface area (Å²) in [5.74, 6) is 0. The van der Waals surface area contributed by atoms with E-state index in [4.69, 9.17) is 0 Å². The molecule has 0 atom stereocenters. The van der Waals surface area contributed by atoms with E-state index in [0.717, 1.165) is 0 Å². The van der Waals surface area contributed by atoms with Crippen molar-refractivity contribution in [3.8, 4) is 0 Å². The monoisotopic (exact) mass is 348 g/mol. The van der Waals surface area contributed by atoms with E-state index in [2.05, 4.69) is 43.2 Å². The fraction of sp³-hybridized carbons (Fsp3) is 0.357. The topological polar surface area (TPSA) is 0 Å². The van der Waals surface area contributed by atoms with Crippen LogP contribution < -0.4 is 0 Å². The summed E-state index contributed by atoms with van der Waals surface area (Å²) in [4.78, 5) is 0. The van der Waals surface area contributed by atoms with Crippen LogP contribution in [0.15, 0.2) is 41.5 Å². The molecule has 0 amide bonds. The molecule has 17 heavy (non-hydrogen) atoms. The van der Waals surface area contributed by atoms with Gasteiger partial charge in [-0.25, -0.2) is 0 Å². The number of halogens is 2. The van der Waals surface area contributed by atoms with Crippen molar-refractivity contribution in [1.29, 1.82) is 0 Å². The number of allylic oxidation sites excluding steroid dienone is 8. The summed E-state index contributed by atoms with van der Waals surface area (Å²) in [7, 11) is 0. The molecule has 0 aromatic carbocycles. The molecule has 0 heterocycles. The summed E-state index contributed by atoms with van der Waals surface area (Å²) in [5.41, 5.74) is 4.47. The molecule has 0 unspecified atom stereocenters. The maximum absolute atomic E-state index is 4.53. The van der Waals surface area contributed by atoms with Crippen LogP contribution in [0.4, 0.5) is 0 Å². The van der Waals surface area contributed by atoms with Gasteiger partial charge in [0.05, 0.1) is 0 Å². The minimum absolute atomic E-state index is 0. The van der Waals surface area contributed by atoms with Gasteiger partial charge in [-0.2, -0.15) is 0 Å². The van der Waals surface area contributed by atoms with Gasteiger partial charge in [-0.3, -0.25) is 0 Å². The van der Waals surface area contributed by atoms with E-state index in [1.54, 1.807) is 6.56 Å². The summed E-state index contributed by atoms with van der Waals surface area (Å²) < 4.78 is 7.91. The van der Waals surface area contributed by atoms with Crippen molar-refractivity contribution >= 4 is 29.0 Å². The van der Waals surface area contributed by atoms with Crippen molar-refractivity contribution in [2.45, 2.75) is 33.6 Å². The Kier molecular flexibility index (Phi) is 7.14. The van der Waals surface area contributed by atoms with Gasteiger partial charge in [0, 0.05) is 0 Å². The second-order valence-corrected chi connectivity index (χ2v) is 10.0. The van der Waals surface area contributed by atoms with E-state index in [9.17, 15) is 0 Å². The van der Waals surface area contributed by atoms with Gasteiger partial charge in [-0.15, -0.1) is 24.8 Å². The summed E-state index contributed by atoms with van der Waals surface area (Å²) in [6, 6.07) is 0. The molecule has 2 aliphatic carbocycles. The molecule has 0 aliphatic heterocycles. The fourth-order valence-corrected chi connectivity index (χ4v) is 7.69. The van der Waals surface area contributed by atoms with Gasteiger partial charge in [0.1, 0.15) is 0 Å². The van der Waals surface area contributed by atoms with Gasteiger partial charge >= 0.3 is 101 Å². The standard InChI is InChI=1S/C7H9.C6H7.CH2.2ClH.Zr/c1-6-3-4-7(2)5-6;1-6-4-2-3-5-6;;;;/h5H,3H2,1-2H3;4-5H,2H2,1H3;1H2;2*1H;. The Morgan fingerprint density at radius 3 is 2.18 bits per heavy atom. The molecule has 0 spiro atoms. The van der Waals surface area contributed by atoms with Gasteiger partial charge in [-0.1, -0.05) is 0 Å². The van der Waals surface area contributed by atoms with Gasteiger partial charge in [0.15, 0.2) is 0 Å². The van der Waals surface area contributed by atoms with Crippen molar-refractivity contribution in [2.75, 3.05) is 0 Å². The molecule has 0 nitrogen and oxygen atoms in total. The average Bonchev–Trinajstić information content (AvgIpc) is 2.71. The molecule has 2 rings (SSSR count). The van der Waals surface area contributed by atoms with E-state index in [1.165, 1.54) is 29.6 Å². The van der Waals surface area contributed by atoms with E-state index >= 15 is 0 Å². The Morgan fingerprint density at radius 2 is 1.76 bits per heavy atom. The van der Waals surface area contributed by atoms with E-state index in [0.29, 0.717) is 0 Å². The molecule has 0 N–H and O–H groups in total. The average molecular weight is 350 g/mol. The van der Waals surface area contributed by atoms with Crippen molar-refractivity contribution < 1.29 is 21.3 Å². The predicted octanol–water partition coefficient (Wildman–Crippen LogP) is 4.74. The molecule has 0 saturated heterocycles. The van der Waals surface area contributed by atoms with Gasteiger partial charge in [-0.05, 0) is 0 Å². The first kappa shape index (κ1) is 17.3. The zero-order chi connectivity index (χ0) is 11.0. The number of rotatable bonds is 2.